The van der Waals surface area contributed by atoms with E-state index in [0.717, 1.165) is 31.2 Å². The lowest BCUT2D eigenvalue weighted by molar-refractivity contribution is -0.135. The van der Waals surface area contributed by atoms with E-state index in [1.54, 1.807) is 17.2 Å². The van der Waals surface area contributed by atoms with Gasteiger partial charge in [-0.25, -0.2) is 0 Å². The summed E-state index contributed by atoms with van der Waals surface area (Å²) < 4.78 is 6.15. The number of ether oxygens (including phenoxy) is 1. The second kappa shape index (κ2) is 7.30. The molecule has 3 heterocycles. The number of amides is 1. The molecule has 1 aliphatic carbocycles. The fraction of sp³-hybridized carbons (Fsp3) is 0.348. The van der Waals surface area contributed by atoms with Crippen molar-refractivity contribution in [1.82, 2.24) is 9.88 Å². The molecule has 1 aromatic heterocycles. The molecule has 2 aliphatic heterocycles. The topological polar surface area (TPSA) is 59.5 Å². The van der Waals surface area contributed by atoms with E-state index >= 15 is 0 Å². The normalized spacial score (nSPS) is 26.2. The van der Waals surface area contributed by atoms with Crippen LogP contribution in [0.1, 0.15) is 43.0 Å². The molecular formula is C23H21ClN2O3. The third-order valence-electron chi connectivity index (χ3n) is 6.13. The largest absolute Gasteiger partial charge is 0.483 e. The van der Waals surface area contributed by atoms with E-state index in [9.17, 15) is 9.59 Å². The molecule has 3 unspecified atom stereocenters. The fourth-order valence-electron chi connectivity index (χ4n) is 4.71. The van der Waals surface area contributed by atoms with Crippen LogP contribution in [0.2, 0.25) is 5.02 Å². The Morgan fingerprint density at radius 2 is 1.86 bits per heavy atom. The van der Waals surface area contributed by atoms with Crippen molar-refractivity contribution in [3.63, 3.8) is 0 Å². The molecule has 1 saturated carbocycles. The zero-order valence-corrected chi connectivity index (χ0v) is 16.6. The highest BCUT2D eigenvalue weighted by atomic mass is 35.5. The summed E-state index contributed by atoms with van der Waals surface area (Å²) in [5.74, 6) is -0.169. The average molecular weight is 409 g/mol. The Hall–Kier alpha value is -2.66. The number of Topliss-reactive ketones (excluding diaryl/α,β-unsaturated/α-hetero) is 1. The molecule has 3 atom stereocenters. The summed E-state index contributed by atoms with van der Waals surface area (Å²) in [6.45, 7) is 0.290. The maximum atomic E-state index is 13.5. The van der Waals surface area contributed by atoms with Crippen molar-refractivity contribution < 1.29 is 14.3 Å². The van der Waals surface area contributed by atoms with Gasteiger partial charge in [-0.05, 0) is 43.0 Å². The molecule has 148 valence electrons. The molecule has 1 aromatic carbocycles. The Morgan fingerprint density at radius 1 is 1.07 bits per heavy atom. The predicted octanol–water partition coefficient (Wildman–Crippen LogP) is 4.23. The molecule has 5 rings (SSSR count). The maximum Gasteiger partial charge on any atom is 0.290 e. The van der Waals surface area contributed by atoms with Crippen molar-refractivity contribution in [3.05, 3.63) is 76.3 Å². The van der Waals surface area contributed by atoms with E-state index < -0.39 is 6.04 Å². The molecule has 1 amide bonds. The second-order valence-corrected chi connectivity index (χ2v) is 8.24. The zero-order valence-electron chi connectivity index (χ0n) is 15.9. The molecule has 0 saturated heterocycles. The number of halogens is 1. The lowest BCUT2D eigenvalue weighted by atomic mass is 9.78. The Bertz CT molecular complexity index is 1000. The van der Waals surface area contributed by atoms with Gasteiger partial charge in [0.15, 0.2) is 11.5 Å². The fourth-order valence-corrected chi connectivity index (χ4v) is 4.91. The van der Waals surface area contributed by atoms with E-state index in [4.69, 9.17) is 16.3 Å². The van der Waals surface area contributed by atoms with Crippen molar-refractivity contribution in [2.24, 2.45) is 5.92 Å². The van der Waals surface area contributed by atoms with Crippen LogP contribution >= 0.6 is 11.6 Å². The van der Waals surface area contributed by atoms with Crippen LogP contribution in [0.5, 0.6) is 0 Å². The van der Waals surface area contributed by atoms with Gasteiger partial charge in [-0.2, -0.15) is 0 Å². The van der Waals surface area contributed by atoms with Crippen molar-refractivity contribution in [2.75, 3.05) is 0 Å². The van der Waals surface area contributed by atoms with Crippen molar-refractivity contribution in [3.8, 4) is 0 Å². The number of hydrogen-bond donors (Lipinski definition) is 0. The summed E-state index contributed by atoms with van der Waals surface area (Å²) >= 11 is 6.36. The summed E-state index contributed by atoms with van der Waals surface area (Å²) in [5.41, 5.74) is 1.96. The molecule has 2 aromatic rings. The number of benzene rings is 1. The molecule has 29 heavy (non-hydrogen) atoms. The summed E-state index contributed by atoms with van der Waals surface area (Å²) in [6.07, 6.45) is 5.17. The van der Waals surface area contributed by atoms with Gasteiger partial charge < -0.3 is 9.64 Å². The molecule has 3 aliphatic rings. The summed E-state index contributed by atoms with van der Waals surface area (Å²) in [6, 6.07) is 12.4. The highest BCUT2D eigenvalue weighted by Gasteiger charge is 2.52. The monoisotopic (exact) mass is 408 g/mol. The first kappa shape index (κ1) is 18.4. The molecule has 0 N–H and O–H groups in total. The van der Waals surface area contributed by atoms with Crippen molar-refractivity contribution in [2.45, 2.75) is 44.4 Å². The summed E-state index contributed by atoms with van der Waals surface area (Å²) in [5, 5.41) is 0.589. The van der Waals surface area contributed by atoms with Gasteiger partial charge in [0.2, 0.25) is 0 Å². The first-order chi connectivity index (χ1) is 14.1. The first-order valence-electron chi connectivity index (χ1n) is 10.1. The molecule has 0 radical (unpaired) electrons. The molecule has 0 spiro atoms. The zero-order chi connectivity index (χ0) is 20.0. The predicted molar refractivity (Wildman–Crippen MR) is 108 cm³/mol. The van der Waals surface area contributed by atoms with Gasteiger partial charge in [0.05, 0.1) is 17.2 Å². The summed E-state index contributed by atoms with van der Waals surface area (Å²) in [7, 11) is 0. The lowest BCUT2D eigenvalue weighted by Gasteiger charge is -2.35. The lowest BCUT2D eigenvalue weighted by Crippen LogP contribution is -2.39. The van der Waals surface area contributed by atoms with Crippen LogP contribution in [0.15, 0.2) is 60.0 Å². The number of carbonyl (C=O) groups is 2. The highest BCUT2D eigenvalue weighted by Crippen LogP contribution is 2.46. The minimum absolute atomic E-state index is 0.0432. The Balaban J connectivity index is 1.59. The van der Waals surface area contributed by atoms with Gasteiger partial charge in [-0.3, -0.25) is 14.6 Å². The van der Waals surface area contributed by atoms with Gasteiger partial charge in [0.25, 0.3) is 5.91 Å². The number of pyridine rings is 1. The minimum Gasteiger partial charge on any atom is -0.483 e. The number of ketones is 1. The van der Waals surface area contributed by atoms with Crippen LogP contribution in [-0.4, -0.2) is 27.7 Å². The van der Waals surface area contributed by atoms with Gasteiger partial charge in [-0.15, -0.1) is 0 Å². The Labute approximate surface area is 174 Å². The third-order valence-corrected chi connectivity index (χ3v) is 6.49. The van der Waals surface area contributed by atoms with Gasteiger partial charge in [0.1, 0.15) is 12.1 Å². The summed E-state index contributed by atoms with van der Waals surface area (Å²) in [4.78, 5) is 33.0. The number of carbonyl (C=O) groups excluding carboxylic acids is 2. The van der Waals surface area contributed by atoms with E-state index in [2.05, 4.69) is 4.98 Å². The number of fused-ring (bicyclic) bond motifs is 1. The molecule has 6 heteroatoms. The van der Waals surface area contributed by atoms with Gasteiger partial charge >= 0.3 is 0 Å². The van der Waals surface area contributed by atoms with Crippen LogP contribution in [-0.2, 0) is 20.9 Å². The highest BCUT2D eigenvalue weighted by molar-refractivity contribution is 6.31. The van der Waals surface area contributed by atoms with Crippen LogP contribution in [0.3, 0.4) is 0 Å². The van der Waals surface area contributed by atoms with Crippen LogP contribution in [0, 0.1) is 5.92 Å². The van der Waals surface area contributed by atoms with Gasteiger partial charge in [-0.1, -0.05) is 42.3 Å². The SMILES string of the molecule is O=C1C2=C(OC3CCCCC13)C(=O)N(Cc1ccccc1Cl)C2c1ccccn1. The molecular weight excluding hydrogens is 388 g/mol. The quantitative estimate of drug-likeness (QED) is 0.762. The number of hydrogen-bond acceptors (Lipinski definition) is 4. The van der Waals surface area contributed by atoms with Crippen LogP contribution in [0.25, 0.3) is 0 Å². The molecule has 5 nitrogen and oxygen atoms in total. The Morgan fingerprint density at radius 3 is 2.66 bits per heavy atom. The maximum absolute atomic E-state index is 13.5. The van der Waals surface area contributed by atoms with E-state index in [1.807, 2.05) is 36.4 Å². The third kappa shape index (κ3) is 3.04. The standard InChI is InChI=1S/C23H21ClN2O3/c24-16-9-3-1-7-14(16)13-26-20(17-10-5-6-12-25-17)19-21(27)15-8-2-4-11-18(15)29-22(19)23(26)28/h1,3,5-7,9-10,12,15,18,20H,2,4,8,11,13H2. The van der Waals surface area contributed by atoms with E-state index in [-0.39, 0.29) is 29.5 Å². The van der Waals surface area contributed by atoms with E-state index in [0.29, 0.717) is 22.8 Å². The van der Waals surface area contributed by atoms with Crippen molar-refractivity contribution >= 4 is 23.3 Å². The van der Waals surface area contributed by atoms with E-state index in [1.165, 1.54) is 0 Å². The van der Waals surface area contributed by atoms with Crippen LogP contribution in [0.4, 0.5) is 0 Å². The first-order valence-corrected chi connectivity index (χ1v) is 10.4. The minimum atomic E-state index is -0.551. The van der Waals surface area contributed by atoms with Gasteiger partial charge in [0, 0.05) is 17.8 Å². The number of nitrogens with zero attached hydrogens (tertiary/aromatic N) is 2. The van der Waals surface area contributed by atoms with Crippen LogP contribution < -0.4 is 0 Å². The molecule has 0 bridgehead atoms. The van der Waals surface area contributed by atoms with Crippen molar-refractivity contribution in [1.29, 1.82) is 0 Å². The number of aromatic nitrogens is 1. The second-order valence-electron chi connectivity index (χ2n) is 7.84. The Kier molecular flexibility index (Phi) is 4.63. The smallest absolute Gasteiger partial charge is 0.290 e. The average Bonchev–Trinajstić information content (AvgIpc) is 3.03. The molecule has 1 fully saturated rings. The number of rotatable bonds is 3.